The summed E-state index contributed by atoms with van der Waals surface area (Å²) in [5.74, 6) is 0.519. The van der Waals surface area contributed by atoms with E-state index in [1.165, 1.54) is 12.1 Å². The summed E-state index contributed by atoms with van der Waals surface area (Å²) in [5.41, 5.74) is 0.902. The maximum Gasteiger partial charge on any atom is 0.213 e. The zero-order valence-electron chi connectivity index (χ0n) is 11.8. The average Bonchev–Trinajstić information content (AvgIpc) is 2.47. The van der Waals surface area contributed by atoms with Crippen molar-refractivity contribution in [3.8, 4) is 5.75 Å². The standard InChI is InChI=1S/C16H14FINO2.BrH/c1-21-16-6-10-9-19(4-5-20)15-3-2-11(17)7-13(15)12(10)8-14(16)18;/h2-3,6-9,20H,4-5H2,1H3;1H/q+1;/p-1. The molecule has 0 aliphatic heterocycles. The lowest BCUT2D eigenvalue weighted by molar-refractivity contribution is -0.671. The Morgan fingerprint density at radius 3 is 2.68 bits per heavy atom. The minimum Gasteiger partial charge on any atom is -1.00 e. The fraction of sp³-hybridized carbons (Fsp3) is 0.188. The molecule has 0 radical (unpaired) electrons. The van der Waals surface area contributed by atoms with E-state index >= 15 is 0 Å². The van der Waals surface area contributed by atoms with Crippen molar-refractivity contribution in [1.29, 1.82) is 0 Å². The van der Waals surface area contributed by atoms with Crippen LogP contribution < -0.4 is 26.3 Å². The fourth-order valence-corrected chi connectivity index (χ4v) is 3.26. The van der Waals surface area contributed by atoms with Gasteiger partial charge in [0.2, 0.25) is 5.52 Å². The van der Waals surface area contributed by atoms with Crippen molar-refractivity contribution < 1.29 is 35.8 Å². The van der Waals surface area contributed by atoms with Gasteiger partial charge in [0.15, 0.2) is 12.7 Å². The lowest BCUT2D eigenvalue weighted by Crippen LogP contribution is -3.00. The Morgan fingerprint density at radius 2 is 2.00 bits per heavy atom. The van der Waals surface area contributed by atoms with Crippen molar-refractivity contribution in [1.82, 2.24) is 0 Å². The molecule has 2 aromatic carbocycles. The number of hydrogen-bond donors (Lipinski definition) is 1. The van der Waals surface area contributed by atoms with E-state index in [2.05, 4.69) is 22.6 Å². The number of rotatable bonds is 3. The van der Waals surface area contributed by atoms with Crippen molar-refractivity contribution in [2.45, 2.75) is 6.54 Å². The van der Waals surface area contributed by atoms with Gasteiger partial charge in [-0.15, -0.1) is 0 Å². The van der Waals surface area contributed by atoms with Gasteiger partial charge < -0.3 is 26.8 Å². The van der Waals surface area contributed by atoms with Gasteiger partial charge in [0.1, 0.15) is 18.2 Å². The van der Waals surface area contributed by atoms with Crippen LogP contribution in [0.5, 0.6) is 5.75 Å². The summed E-state index contributed by atoms with van der Waals surface area (Å²) in [6.07, 6.45) is 1.96. The molecule has 1 N–H and O–H groups in total. The van der Waals surface area contributed by atoms with Crippen molar-refractivity contribution in [2.24, 2.45) is 0 Å². The van der Waals surface area contributed by atoms with Crippen molar-refractivity contribution in [3.63, 3.8) is 0 Å². The number of benzene rings is 2. The average molecular weight is 478 g/mol. The highest BCUT2D eigenvalue weighted by atomic mass is 127. The highest BCUT2D eigenvalue weighted by molar-refractivity contribution is 14.1. The van der Waals surface area contributed by atoms with Gasteiger partial charge in [-0.25, -0.2) is 4.39 Å². The minimum absolute atomic E-state index is 0. The van der Waals surface area contributed by atoms with E-state index in [-0.39, 0.29) is 29.4 Å². The van der Waals surface area contributed by atoms with Crippen LogP contribution in [0.4, 0.5) is 4.39 Å². The summed E-state index contributed by atoms with van der Waals surface area (Å²) in [4.78, 5) is 0. The first kappa shape index (κ1) is 17.4. The Labute approximate surface area is 151 Å². The molecule has 0 saturated heterocycles. The van der Waals surface area contributed by atoms with Crippen LogP contribution in [-0.4, -0.2) is 18.8 Å². The molecule has 22 heavy (non-hydrogen) atoms. The largest absolute Gasteiger partial charge is 1.00 e. The van der Waals surface area contributed by atoms with Gasteiger partial charge in [-0.3, -0.25) is 0 Å². The smallest absolute Gasteiger partial charge is 0.213 e. The second kappa shape index (κ2) is 7.06. The van der Waals surface area contributed by atoms with Gasteiger partial charge in [-0.2, -0.15) is 4.57 Å². The number of fused-ring (bicyclic) bond motifs is 3. The summed E-state index contributed by atoms with van der Waals surface area (Å²) in [7, 11) is 1.63. The normalized spacial score (nSPS) is 10.7. The molecule has 0 saturated carbocycles. The van der Waals surface area contributed by atoms with Gasteiger partial charge in [0, 0.05) is 11.5 Å². The number of methoxy groups -OCH3 is 1. The molecule has 0 amide bonds. The highest BCUT2D eigenvalue weighted by Gasteiger charge is 2.15. The van der Waals surface area contributed by atoms with Crippen molar-refractivity contribution in [3.05, 3.63) is 45.9 Å². The van der Waals surface area contributed by atoms with Crippen LogP contribution >= 0.6 is 22.6 Å². The number of aromatic nitrogens is 1. The van der Waals surface area contributed by atoms with E-state index in [4.69, 9.17) is 4.74 Å². The van der Waals surface area contributed by atoms with Crippen LogP contribution in [0.15, 0.2) is 36.5 Å². The minimum atomic E-state index is -0.267. The highest BCUT2D eigenvalue weighted by Crippen LogP contribution is 2.30. The van der Waals surface area contributed by atoms with Gasteiger partial charge in [0.25, 0.3) is 0 Å². The quantitative estimate of drug-likeness (QED) is 0.328. The lowest BCUT2D eigenvalue weighted by Gasteiger charge is -2.08. The zero-order valence-corrected chi connectivity index (χ0v) is 15.6. The monoisotopic (exact) mass is 477 g/mol. The molecule has 3 rings (SSSR count). The van der Waals surface area contributed by atoms with E-state index < -0.39 is 0 Å². The molecule has 3 aromatic rings. The van der Waals surface area contributed by atoms with Crippen molar-refractivity contribution >= 4 is 44.3 Å². The molecule has 0 bridgehead atoms. The molecule has 1 heterocycles. The first-order chi connectivity index (χ1) is 10.1. The molecular formula is C16H14BrFINO2. The van der Waals surface area contributed by atoms with E-state index in [1.807, 2.05) is 22.9 Å². The maximum atomic E-state index is 13.6. The van der Waals surface area contributed by atoms with E-state index in [0.29, 0.717) is 6.54 Å². The predicted molar refractivity (Wildman–Crippen MR) is 88.0 cm³/mol. The fourth-order valence-electron chi connectivity index (χ4n) is 2.57. The van der Waals surface area contributed by atoms with Crippen LogP contribution in [-0.2, 0) is 6.54 Å². The number of halogens is 3. The van der Waals surface area contributed by atoms with Gasteiger partial charge >= 0.3 is 0 Å². The molecule has 0 aliphatic carbocycles. The van der Waals surface area contributed by atoms with Crippen molar-refractivity contribution in [2.75, 3.05) is 13.7 Å². The van der Waals surface area contributed by atoms with Gasteiger partial charge in [-0.05, 0) is 46.9 Å². The molecule has 6 heteroatoms. The number of hydrogen-bond acceptors (Lipinski definition) is 2. The summed E-state index contributed by atoms with van der Waals surface area (Å²) >= 11 is 2.21. The third-order valence-electron chi connectivity index (χ3n) is 3.52. The third-order valence-corrected chi connectivity index (χ3v) is 4.36. The van der Waals surface area contributed by atoms with Crippen LogP contribution in [0.25, 0.3) is 21.7 Å². The molecule has 0 atom stereocenters. The van der Waals surface area contributed by atoms with Crippen LogP contribution in [0.1, 0.15) is 0 Å². The summed E-state index contributed by atoms with van der Waals surface area (Å²) in [6, 6.07) is 8.66. The Balaban J connectivity index is 0.00000176. The van der Waals surface area contributed by atoms with Crippen LogP contribution in [0.2, 0.25) is 0 Å². The van der Waals surface area contributed by atoms with E-state index in [0.717, 1.165) is 31.0 Å². The molecule has 0 unspecified atom stereocenters. The maximum absolute atomic E-state index is 13.6. The first-order valence-electron chi connectivity index (χ1n) is 6.54. The van der Waals surface area contributed by atoms with Crippen LogP contribution in [0.3, 0.4) is 0 Å². The SMILES string of the molecule is COc1cc2c[n+](CCO)c3ccc(F)cc3c2cc1I.[Br-]. The zero-order chi connectivity index (χ0) is 15.0. The second-order valence-electron chi connectivity index (χ2n) is 4.78. The van der Waals surface area contributed by atoms with E-state index in [1.54, 1.807) is 13.2 Å². The predicted octanol–water partition coefficient (Wildman–Crippen LogP) is 0.0291. The number of ether oxygens (including phenoxy) is 1. The number of pyridine rings is 1. The Morgan fingerprint density at radius 1 is 1.23 bits per heavy atom. The number of nitrogens with zero attached hydrogens (tertiary/aromatic N) is 1. The number of aliphatic hydroxyl groups is 1. The van der Waals surface area contributed by atoms with Crippen LogP contribution in [0, 0.1) is 9.39 Å². The molecule has 0 spiro atoms. The Kier molecular flexibility index (Phi) is 5.57. The summed E-state index contributed by atoms with van der Waals surface area (Å²) < 4.78 is 21.9. The summed E-state index contributed by atoms with van der Waals surface area (Å²) in [6.45, 7) is 0.497. The van der Waals surface area contributed by atoms with Gasteiger partial charge in [-0.1, -0.05) is 0 Å². The molecule has 1 aromatic heterocycles. The second-order valence-corrected chi connectivity index (χ2v) is 5.94. The Hall–Kier alpha value is -0.990. The molecule has 0 fully saturated rings. The Bertz CT molecular complexity index is 841. The molecule has 116 valence electrons. The molecular weight excluding hydrogens is 464 g/mol. The number of aliphatic hydroxyl groups excluding tert-OH is 1. The lowest BCUT2D eigenvalue weighted by atomic mass is 10.1. The molecule has 0 aliphatic rings. The third kappa shape index (κ3) is 3.04. The van der Waals surface area contributed by atoms with Gasteiger partial charge in [0.05, 0.1) is 21.5 Å². The summed E-state index contributed by atoms with van der Waals surface area (Å²) in [5, 5.41) is 12.0. The first-order valence-corrected chi connectivity index (χ1v) is 7.61. The van der Waals surface area contributed by atoms with E-state index in [9.17, 15) is 9.50 Å². The topological polar surface area (TPSA) is 33.3 Å². The molecule has 3 nitrogen and oxygen atoms in total.